The van der Waals surface area contributed by atoms with Gasteiger partial charge in [-0.1, -0.05) is 6.07 Å². The van der Waals surface area contributed by atoms with E-state index in [0.29, 0.717) is 6.04 Å². The molecule has 0 aromatic heterocycles. The van der Waals surface area contributed by atoms with Gasteiger partial charge in [-0.3, -0.25) is 4.79 Å². The van der Waals surface area contributed by atoms with E-state index in [4.69, 9.17) is 0 Å². The Morgan fingerprint density at radius 1 is 1.26 bits per heavy atom. The fourth-order valence-electron chi connectivity index (χ4n) is 2.77. The highest BCUT2D eigenvalue weighted by Crippen LogP contribution is 2.31. The second kappa shape index (κ2) is 5.16. The summed E-state index contributed by atoms with van der Waals surface area (Å²) in [4.78, 5) is 11.9. The van der Waals surface area contributed by atoms with Crippen molar-refractivity contribution in [2.75, 3.05) is 0 Å². The summed E-state index contributed by atoms with van der Waals surface area (Å²) in [5.74, 6) is -0.261. The maximum Gasteiger partial charge on any atom is 0.244 e. The summed E-state index contributed by atoms with van der Waals surface area (Å²) >= 11 is 0. The number of fused-ring (bicyclic) bond motifs is 1. The number of amides is 1. The van der Waals surface area contributed by atoms with Crippen molar-refractivity contribution in [3.8, 4) is 0 Å². The van der Waals surface area contributed by atoms with Crippen molar-refractivity contribution in [2.45, 2.75) is 44.6 Å². The lowest BCUT2D eigenvalue weighted by molar-refractivity contribution is -0.117. The highest BCUT2D eigenvalue weighted by molar-refractivity contribution is 5.96. The van der Waals surface area contributed by atoms with E-state index in [-0.39, 0.29) is 11.7 Å². The summed E-state index contributed by atoms with van der Waals surface area (Å²) in [7, 11) is 0. The molecule has 1 saturated carbocycles. The van der Waals surface area contributed by atoms with Gasteiger partial charge >= 0.3 is 0 Å². The van der Waals surface area contributed by atoms with E-state index in [1.165, 1.54) is 12.5 Å². The molecule has 1 aromatic rings. The van der Waals surface area contributed by atoms with Gasteiger partial charge in [-0.15, -0.1) is 0 Å². The maximum atomic E-state index is 13.4. The van der Waals surface area contributed by atoms with E-state index in [2.05, 4.69) is 5.32 Å². The Morgan fingerprint density at radius 3 is 2.84 bits per heavy atom. The molecule has 2 nitrogen and oxygen atoms in total. The van der Waals surface area contributed by atoms with Crippen LogP contribution in [0.15, 0.2) is 24.3 Å². The molecule has 1 amide bonds. The molecule has 1 aromatic carbocycles. The first-order chi connectivity index (χ1) is 9.22. The van der Waals surface area contributed by atoms with E-state index in [0.717, 1.165) is 48.8 Å². The van der Waals surface area contributed by atoms with E-state index < -0.39 is 0 Å². The fraction of sp³-hybridized carbons (Fsp3) is 0.438. The van der Waals surface area contributed by atoms with Gasteiger partial charge in [0.05, 0.1) is 0 Å². The van der Waals surface area contributed by atoms with E-state index in [9.17, 15) is 9.18 Å². The van der Waals surface area contributed by atoms with E-state index in [1.54, 1.807) is 12.1 Å². The number of hydrogen-bond donors (Lipinski definition) is 1. The lowest BCUT2D eigenvalue weighted by Gasteiger charge is -2.26. The summed E-state index contributed by atoms with van der Waals surface area (Å²) < 4.78 is 13.4. The van der Waals surface area contributed by atoms with Crippen molar-refractivity contribution in [3.63, 3.8) is 0 Å². The Morgan fingerprint density at radius 2 is 2.11 bits per heavy atom. The molecule has 1 fully saturated rings. The number of hydrogen-bond acceptors (Lipinski definition) is 1. The van der Waals surface area contributed by atoms with Crippen LogP contribution in [0.2, 0.25) is 0 Å². The van der Waals surface area contributed by atoms with E-state index in [1.807, 2.05) is 6.07 Å². The minimum absolute atomic E-state index is 0.0307. The molecule has 0 unspecified atom stereocenters. The normalized spacial score (nSPS) is 20.8. The van der Waals surface area contributed by atoms with Crippen LogP contribution >= 0.6 is 0 Å². The summed E-state index contributed by atoms with van der Waals surface area (Å²) in [5.41, 5.74) is 3.03. The average molecular weight is 259 g/mol. The molecule has 2 aliphatic rings. The van der Waals surface area contributed by atoms with Gasteiger partial charge in [0.1, 0.15) is 5.82 Å². The van der Waals surface area contributed by atoms with Crippen LogP contribution in [-0.4, -0.2) is 11.9 Å². The molecule has 0 aliphatic heterocycles. The van der Waals surface area contributed by atoms with Gasteiger partial charge in [-0.2, -0.15) is 0 Å². The van der Waals surface area contributed by atoms with Crippen LogP contribution in [0.5, 0.6) is 0 Å². The Labute approximate surface area is 112 Å². The molecule has 3 heteroatoms. The highest BCUT2D eigenvalue weighted by Gasteiger charge is 2.20. The zero-order chi connectivity index (χ0) is 13.2. The molecule has 100 valence electrons. The molecule has 1 N–H and O–H groups in total. The number of rotatable bonds is 2. The molecular formula is C16H18FNO. The molecule has 0 heterocycles. The predicted octanol–water partition coefficient (Wildman–Crippen LogP) is 3.21. The van der Waals surface area contributed by atoms with Gasteiger partial charge in [0.2, 0.25) is 5.91 Å². The van der Waals surface area contributed by atoms with Crippen molar-refractivity contribution in [1.29, 1.82) is 0 Å². The molecular weight excluding hydrogens is 241 g/mol. The molecule has 3 rings (SSSR count). The average Bonchev–Trinajstić information content (AvgIpc) is 2.35. The van der Waals surface area contributed by atoms with Crippen molar-refractivity contribution < 1.29 is 9.18 Å². The number of carbonyl (C=O) groups excluding carboxylic acids is 1. The number of benzene rings is 1. The lowest BCUT2D eigenvalue weighted by atomic mass is 9.87. The van der Waals surface area contributed by atoms with Gasteiger partial charge in [-0.05, 0) is 67.4 Å². The summed E-state index contributed by atoms with van der Waals surface area (Å²) in [6, 6.07) is 5.23. The largest absolute Gasteiger partial charge is 0.350 e. The maximum absolute atomic E-state index is 13.4. The minimum Gasteiger partial charge on any atom is -0.350 e. The molecule has 19 heavy (non-hydrogen) atoms. The number of halogens is 1. The lowest BCUT2D eigenvalue weighted by Crippen LogP contribution is -2.38. The van der Waals surface area contributed by atoms with E-state index >= 15 is 0 Å². The first-order valence-electron chi connectivity index (χ1n) is 7.02. The topological polar surface area (TPSA) is 29.1 Å². The Kier molecular flexibility index (Phi) is 3.36. The Bertz CT molecular complexity index is 532. The van der Waals surface area contributed by atoms with Gasteiger partial charge in [0, 0.05) is 12.1 Å². The van der Waals surface area contributed by atoms with Crippen LogP contribution in [0.3, 0.4) is 0 Å². The van der Waals surface area contributed by atoms with Crippen molar-refractivity contribution in [1.82, 2.24) is 5.32 Å². The van der Waals surface area contributed by atoms with Gasteiger partial charge in [-0.25, -0.2) is 4.39 Å². The van der Waals surface area contributed by atoms with Crippen LogP contribution in [0.25, 0.3) is 5.57 Å². The summed E-state index contributed by atoms with van der Waals surface area (Å²) in [6.07, 6.45) is 7.89. The molecule has 0 bridgehead atoms. The Hall–Kier alpha value is -1.64. The highest BCUT2D eigenvalue weighted by atomic mass is 19.1. The molecule has 0 saturated heterocycles. The third-order valence-electron chi connectivity index (χ3n) is 4.07. The van der Waals surface area contributed by atoms with Crippen molar-refractivity contribution in [2.24, 2.45) is 0 Å². The number of nitrogens with one attached hydrogen (secondary N) is 1. The molecule has 2 aliphatic carbocycles. The van der Waals surface area contributed by atoms with Crippen LogP contribution in [-0.2, 0) is 11.2 Å². The zero-order valence-electron chi connectivity index (χ0n) is 10.9. The monoisotopic (exact) mass is 259 g/mol. The molecule has 0 radical (unpaired) electrons. The van der Waals surface area contributed by atoms with Crippen LogP contribution in [0, 0.1) is 5.82 Å². The summed E-state index contributed by atoms with van der Waals surface area (Å²) in [5, 5.41) is 3.00. The summed E-state index contributed by atoms with van der Waals surface area (Å²) in [6.45, 7) is 0. The number of aryl methyl sites for hydroxylation is 1. The Balaban J connectivity index is 1.81. The first-order valence-corrected chi connectivity index (χ1v) is 7.02. The fourth-order valence-corrected chi connectivity index (χ4v) is 2.77. The van der Waals surface area contributed by atoms with Gasteiger partial charge < -0.3 is 5.32 Å². The number of allylic oxidation sites excluding steroid dienone is 1. The van der Waals surface area contributed by atoms with Crippen LogP contribution in [0.4, 0.5) is 4.39 Å². The SMILES string of the molecule is O=C(/C=C1/CCCc2ccc(F)cc21)NC1CCC1. The molecule has 0 atom stereocenters. The van der Waals surface area contributed by atoms with Crippen LogP contribution in [0.1, 0.15) is 43.2 Å². The first kappa shape index (κ1) is 12.4. The smallest absolute Gasteiger partial charge is 0.244 e. The standard InChI is InChI=1S/C16H18FNO/c17-13-8-7-11-3-1-4-12(15(11)10-13)9-16(19)18-14-5-2-6-14/h7-10,14H,1-6H2,(H,18,19)/b12-9-. The predicted molar refractivity (Wildman–Crippen MR) is 73.1 cm³/mol. The second-order valence-corrected chi connectivity index (χ2v) is 5.46. The third kappa shape index (κ3) is 2.70. The minimum atomic E-state index is -0.231. The van der Waals surface area contributed by atoms with Gasteiger partial charge in [0.25, 0.3) is 0 Å². The number of carbonyl (C=O) groups is 1. The quantitative estimate of drug-likeness (QED) is 0.812. The zero-order valence-corrected chi connectivity index (χ0v) is 10.9. The third-order valence-corrected chi connectivity index (χ3v) is 4.07. The van der Waals surface area contributed by atoms with Crippen molar-refractivity contribution in [3.05, 3.63) is 41.2 Å². The molecule has 0 spiro atoms. The van der Waals surface area contributed by atoms with Crippen LogP contribution < -0.4 is 5.32 Å². The van der Waals surface area contributed by atoms with Crippen molar-refractivity contribution >= 4 is 11.5 Å². The van der Waals surface area contributed by atoms with Gasteiger partial charge in [0.15, 0.2) is 0 Å². The second-order valence-electron chi connectivity index (χ2n) is 5.46.